The van der Waals surface area contributed by atoms with Gasteiger partial charge in [0.05, 0.1) is 27.0 Å². The molecule has 0 aliphatic carbocycles. The zero-order valence-electron chi connectivity index (χ0n) is 18.2. The number of guanidine groups is 1. The van der Waals surface area contributed by atoms with Gasteiger partial charge in [-0.25, -0.2) is 4.98 Å². The van der Waals surface area contributed by atoms with E-state index in [4.69, 9.17) is 19.2 Å². The Hall–Kier alpha value is -3.42. The summed E-state index contributed by atoms with van der Waals surface area (Å²) in [6, 6.07) is 7.78. The lowest BCUT2D eigenvalue weighted by Crippen LogP contribution is -2.31. The Bertz CT molecular complexity index is 1000. The molecule has 0 fully saturated rings. The molecule has 2 aromatic heterocycles. The van der Waals surface area contributed by atoms with Crippen molar-refractivity contribution in [2.24, 2.45) is 4.99 Å². The molecule has 3 aromatic rings. The smallest absolute Gasteiger partial charge is 0.203 e. The molecule has 0 aliphatic rings. The number of aliphatic imine (C=N–C) groups is 1. The molecular weight excluding hydrogens is 382 g/mol. The molecule has 0 spiro atoms. The lowest BCUT2D eigenvalue weighted by molar-refractivity contribution is 0.324. The SMILES string of the molecule is CCNC(=NCCc1cn2cccc(C)c2n1)Nc1cc(OC)c(OC)c(OC)c1. The van der Waals surface area contributed by atoms with Gasteiger partial charge in [-0.2, -0.15) is 0 Å². The van der Waals surface area contributed by atoms with Crippen molar-refractivity contribution in [1.82, 2.24) is 14.7 Å². The van der Waals surface area contributed by atoms with Gasteiger partial charge >= 0.3 is 0 Å². The van der Waals surface area contributed by atoms with Gasteiger partial charge in [0.2, 0.25) is 5.75 Å². The first kappa shape index (κ1) is 21.3. The zero-order valence-corrected chi connectivity index (χ0v) is 18.2. The summed E-state index contributed by atoms with van der Waals surface area (Å²) in [4.78, 5) is 9.39. The van der Waals surface area contributed by atoms with E-state index in [1.807, 2.05) is 35.7 Å². The predicted molar refractivity (Wildman–Crippen MR) is 119 cm³/mol. The Labute approximate surface area is 176 Å². The molecule has 0 aliphatic heterocycles. The van der Waals surface area contributed by atoms with Crippen molar-refractivity contribution in [2.45, 2.75) is 20.3 Å². The molecule has 0 amide bonds. The van der Waals surface area contributed by atoms with Crippen LogP contribution in [-0.2, 0) is 6.42 Å². The number of benzene rings is 1. The van der Waals surface area contributed by atoms with Crippen molar-refractivity contribution in [2.75, 3.05) is 39.7 Å². The van der Waals surface area contributed by atoms with Gasteiger partial charge in [-0.1, -0.05) is 6.07 Å². The number of aryl methyl sites for hydroxylation is 1. The summed E-state index contributed by atoms with van der Waals surface area (Å²) in [5.41, 5.74) is 3.94. The maximum atomic E-state index is 5.42. The molecule has 0 saturated heterocycles. The summed E-state index contributed by atoms with van der Waals surface area (Å²) in [7, 11) is 4.77. The molecule has 2 N–H and O–H groups in total. The van der Waals surface area contributed by atoms with Crippen LogP contribution >= 0.6 is 0 Å². The molecule has 3 rings (SSSR count). The number of aromatic nitrogens is 2. The normalized spacial score (nSPS) is 11.4. The number of imidazole rings is 1. The van der Waals surface area contributed by atoms with Crippen molar-refractivity contribution in [3.05, 3.63) is 47.9 Å². The van der Waals surface area contributed by atoms with E-state index in [1.54, 1.807) is 21.3 Å². The number of anilines is 1. The van der Waals surface area contributed by atoms with E-state index in [9.17, 15) is 0 Å². The number of rotatable bonds is 8. The number of pyridine rings is 1. The molecule has 160 valence electrons. The Morgan fingerprint density at radius 1 is 1.13 bits per heavy atom. The molecule has 0 atom stereocenters. The van der Waals surface area contributed by atoms with Crippen LogP contribution in [0.4, 0.5) is 5.69 Å². The third-order valence-electron chi connectivity index (χ3n) is 4.64. The first-order valence-electron chi connectivity index (χ1n) is 9.88. The van der Waals surface area contributed by atoms with Crippen molar-refractivity contribution >= 4 is 17.3 Å². The van der Waals surface area contributed by atoms with E-state index >= 15 is 0 Å². The van der Waals surface area contributed by atoms with Crippen LogP contribution in [0.1, 0.15) is 18.2 Å². The first-order chi connectivity index (χ1) is 14.6. The monoisotopic (exact) mass is 411 g/mol. The number of fused-ring (bicyclic) bond motifs is 1. The van der Waals surface area contributed by atoms with Crippen LogP contribution in [-0.4, -0.2) is 49.8 Å². The van der Waals surface area contributed by atoms with Gasteiger partial charge in [0.1, 0.15) is 5.65 Å². The largest absolute Gasteiger partial charge is 0.493 e. The second kappa shape index (κ2) is 9.87. The number of hydrogen-bond acceptors (Lipinski definition) is 5. The minimum absolute atomic E-state index is 0.551. The summed E-state index contributed by atoms with van der Waals surface area (Å²) in [5, 5.41) is 6.56. The topological polar surface area (TPSA) is 81.4 Å². The van der Waals surface area contributed by atoms with Crippen LogP contribution in [0.2, 0.25) is 0 Å². The number of ether oxygens (including phenoxy) is 3. The van der Waals surface area contributed by atoms with Crippen LogP contribution < -0.4 is 24.8 Å². The summed E-state index contributed by atoms with van der Waals surface area (Å²) in [5.74, 6) is 2.38. The number of methoxy groups -OCH3 is 3. The summed E-state index contributed by atoms with van der Waals surface area (Å²) < 4.78 is 18.3. The standard InChI is InChI=1S/C22H29N5O3/c1-6-23-22(26-17-12-18(28-3)20(30-5)19(13-17)29-4)24-10-9-16-14-27-11-7-8-15(2)21(27)25-16/h7-8,11-14H,6,9-10H2,1-5H3,(H2,23,24,26). The number of nitrogens with one attached hydrogen (secondary N) is 2. The zero-order chi connectivity index (χ0) is 21.5. The average Bonchev–Trinajstić information content (AvgIpc) is 3.17. The second-order valence-corrected chi connectivity index (χ2v) is 6.70. The molecule has 0 saturated carbocycles. The van der Waals surface area contributed by atoms with Crippen molar-refractivity contribution in [3.63, 3.8) is 0 Å². The van der Waals surface area contributed by atoms with Crippen LogP contribution in [0.5, 0.6) is 17.2 Å². The van der Waals surface area contributed by atoms with E-state index in [0.717, 1.165) is 35.6 Å². The molecule has 0 bridgehead atoms. The molecule has 2 heterocycles. The highest BCUT2D eigenvalue weighted by Crippen LogP contribution is 2.39. The number of nitrogens with zero attached hydrogens (tertiary/aromatic N) is 3. The Morgan fingerprint density at radius 3 is 2.47 bits per heavy atom. The number of hydrogen-bond donors (Lipinski definition) is 2. The molecule has 1 aromatic carbocycles. The quantitative estimate of drug-likeness (QED) is 0.437. The highest BCUT2D eigenvalue weighted by molar-refractivity contribution is 5.94. The molecular formula is C22H29N5O3. The lowest BCUT2D eigenvalue weighted by Gasteiger charge is -2.16. The van der Waals surface area contributed by atoms with Crippen LogP contribution in [0.3, 0.4) is 0 Å². The van der Waals surface area contributed by atoms with Crippen molar-refractivity contribution in [1.29, 1.82) is 0 Å². The highest BCUT2D eigenvalue weighted by Gasteiger charge is 2.14. The molecule has 30 heavy (non-hydrogen) atoms. The third-order valence-corrected chi connectivity index (χ3v) is 4.64. The van der Waals surface area contributed by atoms with Crippen LogP contribution in [0, 0.1) is 6.92 Å². The first-order valence-corrected chi connectivity index (χ1v) is 9.88. The highest BCUT2D eigenvalue weighted by atomic mass is 16.5. The summed E-state index contributed by atoms with van der Waals surface area (Å²) in [6.07, 6.45) is 4.81. The van der Waals surface area contributed by atoms with Gasteiger partial charge in [0, 0.05) is 49.7 Å². The predicted octanol–water partition coefficient (Wildman–Crippen LogP) is 3.29. The average molecular weight is 412 g/mol. The van der Waals surface area contributed by atoms with Crippen LogP contribution in [0.25, 0.3) is 5.65 Å². The fourth-order valence-electron chi connectivity index (χ4n) is 3.20. The van der Waals surface area contributed by atoms with E-state index in [2.05, 4.69) is 34.8 Å². The fourth-order valence-corrected chi connectivity index (χ4v) is 3.20. The van der Waals surface area contributed by atoms with Crippen molar-refractivity contribution < 1.29 is 14.2 Å². The van der Waals surface area contributed by atoms with Gasteiger partial charge in [-0.05, 0) is 25.5 Å². The van der Waals surface area contributed by atoms with Gasteiger partial charge in [0.15, 0.2) is 17.5 Å². The second-order valence-electron chi connectivity index (χ2n) is 6.70. The molecule has 8 heteroatoms. The van der Waals surface area contributed by atoms with Gasteiger partial charge < -0.3 is 29.2 Å². The lowest BCUT2D eigenvalue weighted by atomic mass is 10.2. The van der Waals surface area contributed by atoms with Crippen molar-refractivity contribution in [3.8, 4) is 17.2 Å². The molecule has 0 radical (unpaired) electrons. The minimum Gasteiger partial charge on any atom is -0.493 e. The summed E-state index contributed by atoms with van der Waals surface area (Å²) in [6.45, 7) is 5.43. The molecule has 0 unspecified atom stereocenters. The van der Waals surface area contributed by atoms with Gasteiger partial charge in [-0.3, -0.25) is 4.99 Å². The third kappa shape index (κ3) is 4.76. The minimum atomic E-state index is 0.551. The van der Waals surface area contributed by atoms with Gasteiger partial charge in [0.25, 0.3) is 0 Å². The molecule has 8 nitrogen and oxygen atoms in total. The van der Waals surface area contributed by atoms with Crippen LogP contribution in [0.15, 0.2) is 41.7 Å². The van der Waals surface area contributed by atoms with Gasteiger partial charge in [-0.15, -0.1) is 0 Å². The fraction of sp³-hybridized carbons (Fsp3) is 0.364. The van der Waals surface area contributed by atoms with E-state index in [0.29, 0.717) is 29.8 Å². The Kier molecular flexibility index (Phi) is 7.00. The Balaban J connectivity index is 1.75. The Morgan fingerprint density at radius 2 is 1.87 bits per heavy atom. The summed E-state index contributed by atoms with van der Waals surface area (Å²) >= 11 is 0. The maximum Gasteiger partial charge on any atom is 0.203 e. The maximum absolute atomic E-state index is 5.42. The van der Waals surface area contributed by atoms with E-state index in [-0.39, 0.29) is 0 Å². The van der Waals surface area contributed by atoms with E-state index < -0.39 is 0 Å². The van der Waals surface area contributed by atoms with E-state index in [1.165, 1.54) is 0 Å².